The van der Waals surface area contributed by atoms with E-state index in [4.69, 9.17) is 4.74 Å². The molecule has 0 bridgehead atoms. The number of benzene rings is 2. The molecule has 1 unspecified atom stereocenters. The molecule has 2 N–H and O–H groups in total. The Morgan fingerprint density at radius 2 is 1.75 bits per heavy atom. The monoisotopic (exact) mass is 325 g/mol. The van der Waals surface area contributed by atoms with Gasteiger partial charge >= 0.3 is 0 Å². The fourth-order valence-corrected chi connectivity index (χ4v) is 3.03. The lowest BCUT2D eigenvalue weighted by atomic mass is 10.1. The summed E-state index contributed by atoms with van der Waals surface area (Å²) in [5, 5.41) is 13.0. The molecule has 0 heterocycles. The van der Waals surface area contributed by atoms with Gasteiger partial charge in [0.05, 0.1) is 24.3 Å². The third kappa shape index (κ3) is 4.36. The fourth-order valence-electron chi connectivity index (χ4n) is 3.03. The van der Waals surface area contributed by atoms with Gasteiger partial charge in [0.1, 0.15) is 5.75 Å². The van der Waals surface area contributed by atoms with Crippen molar-refractivity contribution in [1.29, 1.82) is 0 Å². The molecule has 1 atom stereocenters. The molecule has 0 aliphatic heterocycles. The number of amides is 1. The number of carbonyl (C=O) groups excluding carboxylic acids is 1. The summed E-state index contributed by atoms with van der Waals surface area (Å²) >= 11 is 0. The number of anilines is 1. The molecule has 0 spiro atoms. The largest absolute Gasteiger partial charge is 0.488 e. The van der Waals surface area contributed by atoms with Gasteiger partial charge in [0, 0.05) is 0 Å². The second-order valence-electron chi connectivity index (χ2n) is 6.20. The molecule has 2 aromatic carbocycles. The molecule has 0 saturated heterocycles. The van der Waals surface area contributed by atoms with Crippen LogP contribution in [0, 0.1) is 0 Å². The zero-order valence-electron chi connectivity index (χ0n) is 13.7. The van der Waals surface area contributed by atoms with E-state index in [1.54, 1.807) is 0 Å². The Hall–Kier alpha value is -2.33. The molecule has 2 aromatic rings. The van der Waals surface area contributed by atoms with Crippen LogP contribution in [0.15, 0.2) is 54.6 Å². The Bertz CT molecular complexity index is 666. The quantitative estimate of drug-likeness (QED) is 0.841. The van der Waals surface area contributed by atoms with E-state index in [9.17, 15) is 9.90 Å². The van der Waals surface area contributed by atoms with Crippen molar-refractivity contribution >= 4 is 11.6 Å². The van der Waals surface area contributed by atoms with E-state index < -0.39 is 6.10 Å². The molecule has 0 aromatic heterocycles. The minimum Gasteiger partial charge on any atom is -0.488 e. The Kier molecular flexibility index (Phi) is 5.49. The average Bonchev–Trinajstić information content (AvgIpc) is 3.10. The maximum absolute atomic E-state index is 12.3. The Morgan fingerprint density at radius 3 is 2.50 bits per heavy atom. The number of aliphatic hydroxyl groups is 1. The highest BCUT2D eigenvalue weighted by molar-refractivity contribution is 5.92. The van der Waals surface area contributed by atoms with E-state index in [0.29, 0.717) is 11.4 Å². The summed E-state index contributed by atoms with van der Waals surface area (Å²) in [6.07, 6.45) is 3.96. The first kappa shape index (κ1) is 16.5. The SMILES string of the molecule is O=C(CC(O)c1ccccc1)Nc1ccccc1OC1CCCC1. The van der Waals surface area contributed by atoms with Gasteiger partial charge in [0.25, 0.3) is 0 Å². The van der Waals surface area contributed by atoms with Crippen molar-refractivity contribution in [2.75, 3.05) is 5.32 Å². The van der Waals surface area contributed by atoms with Crippen molar-refractivity contribution < 1.29 is 14.6 Å². The summed E-state index contributed by atoms with van der Waals surface area (Å²) in [6, 6.07) is 16.7. The maximum atomic E-state index is 12.3. The zero-order valence-corrected chi connectivity index (χ0v) is 13.7. The molecule has 4 heteroatoms. The topological polar surface area (TPSA) is 58.6 Å². The predicted octanol–water partition coefficient (Wildman–Crippen LogP) is 4.07. The number of rotatable bonds is 6. The van der Waals surface area contributed by atoms with Crippen LogP contribution in [-0.4, -0.2) is 17.1 Å². The van der Waals surface area contributed by atoms with E-state index in [0.717, 1.165) is 18.4 Å². The highest BCUT2D eigenvalue weighted by atomic mass is 16.5. The van der Waals surface area contributed by atoms with Gasteiger partial charge in [-0.3, -0.25) is 4.79 Å². The van der Waals surface area contributed by atoms with Gasteiger partial charge in [-0.05, 0) is 43.4 Å². The molecule has 1 aliphatic rings. The first-order chi connectivity index (χ1) is 11.7. The van der Waals surface area contributed by atoms with E-state index >= 15 is 0 Å². The molecule has 3 rings (SSSR count). The second kappa shape index (κ2) is 7.97. The van der Waals surface area contributed by atoms with Crippen LogP contribution < -0.4 is 10.1 Å². The van der Waals surface area contributed by atoms with Gasteiger partial charge in [0.15, 0.2) is 0 Å². The summed E-state index contributed by atoms with van der Waals surface area (Å²) < 4.78 is 6.02. The van der Waals surface area contributed by atoms with Gasteiger partial charge in [-0.1, -0.05) is 42.5 Å². The summed E-state index contributed by atoms with van der Waals surface area (Å²) in [4.78, 5) is 12.3. The van der Waals surface area contributed by atoms with Gasteiger partial charge in [-0.2, -0.15) is 0 Å². The van der Waals surface area contributed by atoms with Crippen LogP contribution in [0.2, 0.25) is 0 Å². The second-order valence-corrected chi connectivity index (χ2v) is 6.20. The molecule has 0 radical (unpaired) electrons. The minimum atomic E-state index is -0.811. The molecular formula is C20H23NO3. The first-order valence-corrected chi connectivity index (χ1v) is 8.51. The maximum Gasteiger partial charge on any atom is 0.227 e. The molecule has 126 valence electrons. The van der Waals surface area contributed by atoms with Crippen molar-refractivity contribution in [2.24, 2.45) is 0 Å². The number of hydrogen-bond acceptors (Lipinski definition) is 3. The summed E-state index contributed by atoms with van der Waals surface area (Å²) in [7, 11) is 0. The zero-order chi connectivity index (χ0) is 16.8. The first-order valence-electron chi connectivity index (χ1n) is 8.51. The van der Waals surface area contributed by atoms with Crippen molar-refractivity contribution in [3.05, 3.63) is 60.2 Å². The number of ether oxygens (including phenoxy) is 1. The van der Waals surface area contributed by atoms with E-state index in [1.165, 1.54) is 12.8 Å². The smallest absolute Gasteiger partial charge is 0.227 e. The standard InChI is InChI=1S/C20H23NO3/c22-18(15-8-2-1-3-9-15)14-20(23)21-17-12-6-7-13-19(17)24-16-10-4-5-11-16/h1-3,6-9,12-13,16,18,22H,4-5,10-11,14H2,(H,21,23). The van der Waals surface area contributed by atoms with Crippen LogP contribution in [0.1, 0.15) is 43.8 Å². The molecule has 1 amide bonds. The molecule has 1 aliphatic carbocycles. The average molecular weight is 325 g/mol. The van der Waals surface area contributed by atoms with Gasteiger partial charge in [0.2, 0.25) is 5.91 Å². The van der Waals surface area contributed by atoms with Crippen LogP contribution in [0.5, 0.6) is 5.75 Å². The predicted molar refractivity (Wildman–Crippen MR) is 94.0 cm³/mol. The lowest BCUT2D eigenvalue weighted by Gasteiger charge is -2.17. The van der Waals surface area contributed by atoms with Crippen LogP contribution >= 0.6 is 0 Å². The lowest BCUT2D eigenvalue weighted by Crippen LogP contribution is -2.17. The van der Waals surface area contributed by atoms with Gasteiger partial charge in [-0.15, -0.1) is 0 Å². The Labute approximate surface area is 142 Å². The van der Waals surface area contributed by atoms with Gasteiger partial charge < -0.3 is 15.2 Å². The molecular weight excluding hydrogens is 302 g/mol. The highest BCUT2D eigenvalue weighted by Crippen LogP contribution is 2.30. The minimum absolute atomic E-state index is 0.0157. The summed E-state index contributed by atoms with van der Waals surface area (Å²) in [5.41, 5.74) is 1.40. The summed E-state index contributed by atoms with van der Waals surface area (Å²) in [5.74, 6) is 0.473. The normalized spacial score (nSPS) is 15.9. The van der Waals surface area contributed by atoms with Crippen molar-refractivity contribution in [1.82, 2.24) is 0 Å². The lowest BCUT2D eigenvalue weighted by molar-refractivity contribution is -0.118. The van der Waals surface area contributed by atoms with Crippen molar-refractivity contribution in [2.45, 2.75) is 44.3 Å². The number of aliphatic hydroxyl groups excluding tert-OH is 1. The molecule has 24 heavy (non-hydrogen) atoms. The molecule has 1 fully saturated rings. The number of hydrogen-bond donors (Lipinski definition) is 2. The highest BCUT2D eigenvalue weighted by Gasteiger charge is 2.19. The fraction of sp³-hybridized carbons (Fsp3) is 0.350. The molecule has 4 nitrogen and oxygen atoms in total. The van der Waals surface area contributed by atoms with E-state index in [1.807, 2.05) is 54.6 Å². The summed E-state index contributed by atoms with van der Waals surface area (Å²) in [6.45, 7) is 0. The number of nitrogens with one attached hydrogen (secondary N) is 1. The molecule has 1 saturated carbocycles. The Morgan fingerprint density at radius 1 is 1.08 bits per heavy atom. The van der Waals surface area contributed by atoms with Crippen LogP contribution in [0.25, 0.3) is 0 Å². The van der Waals surface area contributed by atoms with Crippen LogP contribution in [0.3, 0.4) is 0 Å². The number of carbonyl (C=O) groups is 1. The van der Waals surface area contributed by atoms with Crippen LogP contribution in [0.4, 0.5) is 5.69 Å². The van der Waals surface area contributed by atoms with E-state index in [-0.39, 0.29) is 18.4 Å². The van der Waals surface area contributed by atoms with Crippen LogP contribution in [-0.2, 0) is 4.79 Å². The van der Waals surface area contributed by atoms with Gasteiger partial charge in [-0.25, -0.2) is 0 Å². The third-order valence-corrected chi connectivity index (χ3v) is 4.32. The van der Waals surface area contributed by atoms with Crippen molar-refractivity contribution in [3.63, 3.8) is 0 Å². The third-order valence-electron chi connectivity index (χ3n) is 4.32. The Balaban J connectivity index is 1.61. The van der Waals surface area contributed by atoms with Crippen molar-refractivity contribution in [3.8, 4) is 5.75 Å². The number of para-hydroxylation sites is 2. The van der Waals surface area contributed by atoms with E-state index in [2.05, 4.69) is 5.32 Å².